The summed E-state index contributed by atoms with van der Waals surface area (Å²) in [6, 6.07) is 10.7. The van der Waals surface area contributed by atoms with E-state index in [-0.39, 0.29) is 5.63 Å². The lowest BCUT2D eigenvalue weighted by molar-refractivity contribution is -0.128. The maximum Gasteiger partial charge on any atom is 0.339 e. The van der Waals surface area contributed by atoms with Gasteiger partial charge in [-0.25, -0.2) is 9.59 Å². The van der Waals surface area contributed by atoms with E-state index in [1.165, 1.54) is 6.08 Å². The van der Waals surface area contributed by atoms with E-state index >= 15 is 0 Å². The van der Waals surface area contributed by atoms with E-state index in [2.05, 4.69) is 6.92 Å². The molecule has 0 unspecified atom stereocenters. The van der Waals surface area contributed by atoms with Gasteiger partial charge in [0.2, 0.25) is 0 Å². The Hall–Kier alpha value is -3.54. The van der Waals surface area contributed by atoms with Crippen LogP contribution in [0.2, 0.25) is 0 Å². The highest BCUT2D eigenvalue weighted by Gasteiger charge is 2.19. The van der Waals surface area contributed by atoms with Gasteiger partial charge in [0.05, 0.1) is 13.7 Å². The van der Waals surface area contributed by atoms with Gasteiger partial charge in [-0.3, -0.25) is 0 Å². The number of carbonyl (C=O) groups excluding carboxylic acids is 1. The average molecular weight is 449 g/mol. The van der Waals surface area contributed by atoms with Crippen molar-refractivity contribution in [2.24, 2.45) is 0 Å². The quantitative estimate of drug-likeness (QED) is 0.142. The second kappa shape index (κ2) is 10.4. The third-order valence-electron chi connectivity index (χ3n) is 5.77. The Kier molecular flexibility index (Phi) is 7.13. The van der Waals surface area contributed by atoms with Crippen LogP contribution in [0.4, 0.5) is 0 Å². The van der Waals surface area contributed by atoms with Crippen LogP contribution in [0.25, 0.3) is 17.0 Å². The van der Waals surface area contributed by atoms with Gasteiger partial charge in [-0.05, 0) is 67.2 Å². The molecule has 1 heterocycles. The Morgan fingerprint density at radius 1 is 1.06 bits per heavy atom. The molecule has 1 aliphatic rings. The number of rotatable bonds is 9. The summed E-state index contributed by atoms with van der Waals surface area (Å²) in [6.07, 6.45) is 8.83. The second-order valence-corrected chi connectivity index (χ2v) is 8.08. The molecule has 0 bridgehead atoms. The fourth-order valence-corrected chi connectivity index (χ4v) is 4.08. The summed E-state index contributed by atoms with van der Waals surface area (Å²) in [5.74, 6) is 1.08. The second-order valence-electron chi connectivity index (χ2n) is 8.08. The van der Waals surface area contributed by atoms with Crippen LogP contribution in [-0.4, -0.2) is 19.7 Å². The number of ether oxygens (including phenoxy) is 3. The fraction of sp³-hybridized carbons (Fsp3) is 0.333. The van der Waals surface area contributed by atoms with Crippen LogP contribution in [0, 0.1) is 0 Å². The van der Waals surface area contributed by atoms with Crippen LogP contribution >= 0.6 is 0 Å². The summed E-state index contributed by atoms with van der Waals surface area (Å²) < 4.78 is 22.1. The lowest BCUT2D eigenvalue weighted by Crippen LogP contribution is -2.07. The van der Waals surface area contributed by atoms with Gasteiger partial charge in [0.1, 0.15) is 11.3 Å². The molecular weight excluding hydrogens is 420 g/mol. The Balaban J connectivity index is 1.43. The van der Waals surface area contributed by atoms with Gasteiger partial charge in [0.15, 0.2) is 11.5 Å². The van der Waals surface area contributed by atoms with Crippen molar-refractivity contribution in [1.29, 1.82) is 0 Å². The zero-order chi connectivity index (χ0) is 23.2. The molecule has 2 aromatic carbocycles. The number of hydrogen-bond acceptors (Lipinski definition) is 6. The molecule has 0 saturated carbocycles. The Morgan fingerprint density at radius 2 is 1.91 bits per heavy atom. The average Bonchev–Trinajstić information content (AvgIpc) is 3.32. The van der Waals surface area contributed by atoms with E-state index in [4.69, 9.17) is 18.6 Å². The number of esters is 1. The van der Waals surface area contributed by atoms with Gasteiger partial charge in [0, 0.05) is 23.1 Å². The molecule has 1 aromatic heterocycles. The van der Waals surface area contributed by atoms with Crippen LogP contribution in [0.1, 0.15) is 49.3 Å². The molecule has 0 radical (unpaired) electrons. The van der Waals surface area contributed by atoms with Crippen molar-refractivity contribution in [2.75, 3.05) is 13.7 Å². The van der Waals surface area contributed by atoms with Crippen molar-refractivity contribution < 1.29 is 23.4 Å². The first-order valence-electron chi connectivity index (χ1n) is 11.4. The lowest BCUT2D eigenvalue weighted by Gasteiger charge is -2.11. The van der Waals surface area contributed by atoms with Gasteiger partial charge in [0.25, 0.3) is 0 Å². The Bertz CT molecular complexity index is 1240. The highest BCUT2D eigenvalue weighted by molar-refractivity contribution is 5.90. The first-order valence-corrected chi connectivity index (χ1v) is 11.4. The van der Waals surface area contributed by atoms with Gasteiger partial charge in [-0.2, -0.15) is 0 Å². The third-order valence-corrected chi connectivity index (χ3v) is 5.77. The van der Waals surface area contributed by atoms with Crippen molar-refractivity contribution >= 4 is 23.0 Å². The van der Waals surface area contributed by atoms with E-state index in [0.717, 1.165) is 60.6 Å². The molecule has 172 valence electrons. The van der Waals surface area contributed by atoms with Crippen LogP contribution in [0.15, 0.2) is 51.7 Å². The fourth-order valence-electron chi connectivity index (χ4n) is 4.08. The molecular formula is C27H28O6. The van der Waals surface area contributed by atoms with E-state index in [0.29, 0.717) is 29.4 Å². The van der Waals surface area contributed by atoms with Crippen molar-refractivity contribution in [3.63, 3.8) is 0 Å². The number of unbranched alkanes of at least 4 members (excludes halogenated alkanes) is 2. The molecule has 3 aromatic rings. The van der Waals surface area contributed by atoms with Gasteiger partial charge in [-0.1, -0.05) is 25.8 Å². The van der Waals surface area contributed by atoms with Crippen molar-refractivity contribution in [1.82, 2.24) is 0 Å². The van der Waals surface area contributed by atoms with Crippen molar-refractivity contribution in [3.8, 4) is 17.2 Å². The summed E-state index contributed by atoms with van der Waals surface area (Å²) >= 11 is 0. The van der Waals surface area contributed by atoms with Gasteiger partial charge in [-0.15, -0.1) is 0 Å². The molecule has 6 nitrogen and oxygen atoms in total. The van der Waals surface area contributed by atoms with Crippen LogP contribution < -0.4 is 19.8 Å². The van der Waals surface area contributed by atoms with E-state index < -0.39 is 5.97 Å². The lowest BCUT2D eigenvalue weighted by atomic mass is 10.1. The molecule has 6 heteroatoms. The zero-order valence-corrected chi connectivity index (χ0v) is 19.0. The number of fused-ring (bicyclic) bond motifs is 3. The minimum Gasteiger partial charge on any atom is -0.493 e. The summed E-state index contributed by atoms with van der Waals surface area (Å²) in [6.45, 7) is 2.79. The summed E-state index contributed by atoms with van der Waals surface area (Å²) in [4.78, 5) is 24.5. The zero-order valence-electron chi connectivity index (χ0n) is 19.0. The number of benzene rings is 2. The highest BCUT2D eigenvalue weighted by atomic mass is 16.5. The van der Waals surface area contributed by atoms with Gasteiger partial charge >= 0.3 is 11.6 Å². The summed E-state index contributed by atoms with van der Waals surface area (Å²) in [5.41, 5.74) is 2.73. The summed E-state index contributed by atoms with van der Waals surface area (Å²) in [7, 11) is 1.59. The third kappa shape index (κ3) is 5.28. The normalized spacial score (nSPS) is 12.8. The predicted octanol–water partition coefficient (Wildman–Crippen LogP) is 5.48. The molecule has 1 aliphatic carbocycles. The maximum absolute atomic E-state index is 12.3. The maximum atomic E-state index is 12.3. The number of aryl methyl sites for hydroxylation is 1. The van der Waals surface area contributed by atoms with E-state index in [1.807, 2.05) is 24.3 Å². The highest BCUT2D eigenvalue weighted by Crippen LogP contribution is 2.30. The van der Waals surface area contributed by atoms with Crippen LogP contribution in [-0.2, 0) is 17.6 Å². The Labute approximate surface area is 192 Å². The predicted molar refractivity (Wildman–Crippen MR) is 127 cm³/mol. The largest absolute Gasteiger partial charge is 0.493 e. The SMILES string of the molecule is CCCCCOc1ccc(/C=C/C(=O)Oc2ccc3c4c(c(=O)oc3c2)CCC4)cc1OC. The van der Waals surface area contributed by atoms with Crippen LogP contribution in [0.5, 0.6) is 17.2 Å². The van der Waals surface area contributed by atoms with Crippen molar-refractivity contribution in [3.05, 3.63) is 69.6 Å². The molecule has 33 heavy (non-hydrogen) atoms. The van der Waals surface area contributed by atoms with Gasteiger partial charge < -0.3 is 18.6 Å². The minimum atomic E-state index is -0.531. The number of hydrogen-bond donors (Lipinski definition) is 0. The van der Waals surface area contributed by atoms with Crippen molar-refractivity contribution in [2.45, 2.75) is 45.4 Å². The standard InChI is InChI=1S/C27H28O6/c1-3-4-5-15-31-23-13-9-18(16-25(23)30-2)10-14-26(28)32-19-11-12-21-20-7-6-8-22(20)27(29)33-24(21)17-19/h9-14,16-17H,3-8,15H2,1-2H3/b14-10+. The Morgan fingerprint density at radius 3 is 2.73 bits per heavy atom. The monoisotopic (exact) mass is 448 g/mol. The smallest absolute Gasteiger partial charge is 0.339 e. The molecule has 0 fully saturated rings. The molecule has 0 aliphatic heterocycles. The molecule has 4 rings (SSSR count). The van der Waals surface area contributed by atoms with E-state index in [1.54, 1.807) is 25.3 Å². The first-order chi connectivity index (χ1) is 16.1. The first kappa shape index (κ1) is 22.6. The summed E-state index contributed by atoms with van der Waals surface area (Å²) in [5, 5.41) is 0.904. The molecule has 0 saturated heterocycles. The topological polar surface area (TPSA) is 75.0 Å². The molecule has 0 spiro atoms. The van der Waals surface area contributed by atoms with E-state index in [9.17, 15) is 9.59 Å². The molecule has 0 atom stereocenters. The number of methoxy groups -OCH3 is 1. The molecule has 0 amide bonds. The van der Waals surface area contributed by atoms with Crippen LogP contribution in [0.3, 0.4) is 0 Å². The number of carbonyl (C=O) groups is 1. The minimum absolute atomic E-state index is 0.301. The molecule has 0 N–H and O–H groups in total.